The number of carboxylic acids is 6. The topological polar surface area (TPSA) is 350 Å². The van der Waals surface area contributed by atoms with Crippen molar-refractivity contribution in [3.63, 3.8) is 0 Å². The van der Waals surface area contributed by atoms with E-state index in [1.54, 1.807) is 12.1 Å². The molecule has 0 aromatic heterocycles. The summed E-state index contributed by atoms with van der Waals surface area (Å²) in [5.41, 5.74) is 14.4. The molecule has 0 aliphatic carbocycles. The molecule has 582 valence electrons. The summed E-state index contributed by atoms with van der Waals surface area (Å²) in [6.07, 6.45) is 11.9. The number of hydrogen-bond acceptors (Lipinski definition) is 13. The third kappa shape index (κ3) is 25.0. The molecule has 19 nitrogen and oxygen atoms in total. The molecule has 0 aliphatic heterocycles. The summed E-state index contributed by atoms with van der Waals surface area (Å²) in [5.74, 6) is -8.85. The van der Waals surface area contributed by atoms with Crippen LogP contribution in [0.1, 0.15) is 110 Å². The van der Waals surface area contributed by atoms with Crippen LogP contribution in [0.5, 0.6) is 0 Å². The van der Waals surface area contributed by atoms with Gasteiger partial charge in [0.15, 0.2) is 34.7 Å². The molecule has 0 saturated carbocycles. The molecule has 0 amide bonds. The van der Waals surface area contributed by atoms with E-state index in [1.165, 1.54) is 0 Å². The van der Waals surface area contributed by atoms with Gasteiger partial charge in [0, 0.05) is 91.2 Å². The highest BCUT2D eigenvalue weighted by Crippen LogP contribution is 2.43. The molecule has 19 heteroatoms. The van der Waals surface area contributed by atoms with Crippen LogP contribution >= 0.6 is 0 Å². The summed E-state index contributed by atoms with van der Waals surface area (Å²) in [7, 11) is 0. The van der Waals surface area contributed by atoms with Gasteiger partial charge in [0.05, 0.1) is 11.6 Å². The second kappa shape index (κ2) is 41.3. The van der Waals surface area contributed by atoms with Gasteiger partial charge in [-0.25, -0.2) is 28.8 Å². The van der Waals surface area contributed by atoms with E-state index < -0.39 is 52.1 Å². The van der Waals surface area contributed by atoms with E-state index in [0.717, 1.165) is 167 Å². The number of hydrogen-bond donors (Lipinski definition) is 6. The van der Waals surface area contributed by atoms with E-state index in [4.69, 9.17) is 30.6 Å². The lowest BCUT2D eigenvalue weighted by atomic mass is 9.70. The average Bonchev–Trinajstić information content (AvgIpc) is 0.777. The largest absolute Gasteiger partial charge is 0.478 e. The van der Waals surface area contributed by atoms with Gasteiger partial charge in [0.25, 0.3) is 0 Å². The number of nitrogens with zero attached hydrogens (tertiary/aromatic N) is 1. The fourth-order valence-electron chi connectivity index (χ4n) is 13.1. The maximum absolute atomic E-state index is 12.2. The molecule has 0 saturated heterocycles. The number of carbonyl (C=O) groups excluding carboxylic acids is 6. The second-order valence-corrected chi connectivity index (χ2v) is 27.4. The van der Waals surface area contributed by atoms with E-state index in [-0.39, 0.29) is 73.2 Å². The van der Waals surface area contributed by atoms with Crippen molar-refractivity contribution in [1.82, 2.24) is 0 Å². The van der Waals surface area contributed by atoms with Crippen molar-refractivity contribution in [2.45, 2.75) is 75.5 Å². The van der Waals surface area contributed by atoms with Crippen LogP contribution in [0.3, 0.4) is 0 Å². The Bertz CT molecular complexity index is 5210. The summed E-state index contributed by atoms with van der Waals surface area (Å²) < 4.78 is 0. The molecule has 116 heavy (non-hydrogen) atoms. The Morgan fingerprint density at radius 3 is 0.586 bits per heavy atom. The van der Waals surface area contributed by atoms with E-state index in [9.17, 15) is 62.8 Å². The number of carbonyl (C=O) groups is 12. The molecule has 0 fully saturated rings. The van der Waals surface area contributed by atoms with E-state index in [1.807, 2.05) is 213 Å². The van der Waals surface area contributed by atoms with Crippen molar-refractivity contribution in [1.29, 1.82) is 5.26 Å². The molecule has 0 aliphatic rings. The van der Waals surface area contributed by atoms with Crippen LogP contribution in [0.15, 0.2) is 328 Å². The maximum atomic E-state index is 12.2. The van der Waals surface area contributed by atoms with Crippen molar-refractivity contribution in [3.8, 4) is 17.2 Å². The molecule has 10 rings (SSSR count). The molecular weight excluding hydrogens is 1470 g/mol. The Morgan fingerprint density at radius 1 is 0.233 bits per heavy atom. The van der Waals surface area contributed by atoms with E-state index >= 15 is 0 Å². The molecule has 0 heterocycles. The average molecular weight is 1550 g/mol. The van der Waals surface area contributed by atoms with Gasteiger partial charge in [-0.05, 0) is 164 Å². The first-order valence-corrected chi connectivity index (χ1v) is 36.4. The van der Waals surface area contributed by atoms with Crippen LogP contribution < -0.4 is 0 Å². The molecule has 0 unspecified atom stereocenters. The molecule has 0 radical (unpaired) electrons. The van der Waals surface area contributed by atoms with Crippen LogP contribution in [-0.2, 0) is 112 Å². The number of rotatable bonds is 34. The number of allylic oxidation sites excluding steroid dienone is 6. The minimum absolute atomic E-state index is 0.0662. The van der Waals surface area contributed by atoms with E-state index in [2.05, 4.69) is 56.3 Å². The van der Waals surface area contributed by atoms with Crippen molar-refractivity contribution in [2.75, 3.05) is 0 Å². The Labute approximate surface area is 669 Å². The zero-order valence-electron chi connectivity index (χ0n) is 63.4. The number of carboxylic acid groups (broad SMARTS) is 6. The molecule has 6 N–H and O–H groups in total. The Hall–Kier alpha value is -15.0. The van der Waals surface area contributed by atoms with Crippen molar-refractivity contribution >= 4 is 70.5 Å². The minimum Gasteiger partial charge on any atom is -0.478 e. The predicted octanol–water partition coefficient (Wildman–Crippen LogP) is 15.2. The van der Waals surface area contributed by atoms with Gasteiger partial charge in [-0.15, -0.1) is 0 Å². The lowest BCUT2D eigenvalue weighted by Crippen LogP contribution is -2.25. The smallest absolute Gasteiger partial charge is 0.328 e. The molecule has 0 atom stereocenters. The lowest BCUT2D eigenvalue weighted by molar-refractivity contribution is -0.132. The first-order valence-electron chi connectivity index (χ1n) is 36.4. The highest BCUT2D eigenvalue weighted by Gasteiger charge is 2.34. The van der Waals surface area contributed by atoms with Crippen LogP contribution in [0.4, 0.5) is 0 Å². The summed E-state index contributed by atoms with van der Waals surface area (Å²) in [5, 5.41) is 61.6. The Morgan fingerprint density at radius 2 is 0.397 bits per heavy atom. The zero-order valence-corrected chi connectivity index (χ0v) is 63.4. The van der Waals surface area contributed by atoms with Gasteiger partial charge < -0.3 is 30.6 Å². The van der Waals surface area contributed by atoms with Gasteiger partial charge in [0.1, 0.15) is 0 Å². The van der Waals surface area contributed by atoms with Crippen LogP contribution in [0.2, 0.25) is 0 Å². The monoisotopic (exact) mass is 1550 g/mol. The molecule has 0 spiro atoms. The Kier molecular flexibility index (Phi) is 30.8. The van der Waals surface area contributed by atoms with E-state index in [0.29, 0.717) is 5.56 Å². The van der Waals surface area contributed by atoms with Crippen molar-refractivity contribution in [3.05, 3.63) is 417 Å². The highest BCUT2D eigenvalue weighted by atomic mass is 16.4. The predicted molar refractivity (Wildman–Crippen MR) is 438 cm³/mol. The zero-order chi connectivity index (χ0) is 84.0. The first kappa shape index (κ1) is 86.6. The fourth-order valence-corrected chi connectivity index (χ4v) is 13.1. The van der Waals surface area contributed by atoms with Gasteiger partial charge in [-0.3, -0.25) is 28.8 Å². The quantitative estimate of drug-likeness (QED) is 0.0161. The highest BCUT2D eigenvalue weighted by molar-refractivity contribution is 6.00. The summed E-state index contributed by atoms with van der Waals surface area (Å²) in [4.78, 5) is 136. The number of nitriles is 1. The fraction of sp³-hybridized carbons (Fsp3) is 0.124. The minimum atomic E-state index is -1.18. The Balaban J connectivity index is 0.000000218. The summed E-state index contributed by atoms with van der Waals surface area (Å²) in [6.45, 7) is 6.27. The molecule has 0 bridgehead atoms. The van der Waals surface area contributed by atoms with Crippen LogP contribution in [0.25, 0.3) is 11.1 Å². The van der Waals surface area contributed by atoms with Crippen molar-refractivity contribution < 1.29 is 88.2 Å². The number of ketones is 6. The molecule has 10 aromatic carbocycles. The SMILES string of the molecule is CC(c1ccc(C#N)cc1)(c1ccc(CC(=O)/C=C/C(=O)O)cc1)c1ccc(CC(=O)/C=C/C(=O)O)cc1.CC(c1ccc(CC(=O)/C=C/C(=O)O)cc1)(c1ccc(CC(=O)/C=C/C(=O)O)cc1)c1ccc(-c2ccccc2)cc1.CC(c1ccccc1)(c1ccc(CC(=O)/C=C/C(=O)O)cc1)c1ccc(CC(=O)/C=C/C(=O)O)cc1. The summed E-state index contributed by atoms with van der Waals surface area (Å²) in [6, 6.07) is 83.5. The third-order valence-electron chi connectivity index (χ3n) is 19.4. The normalized spacial score (nSPS) is 11.5. The van der Waals surface area contributed by atoms with Gasteiger partial charge >= 0.3 is 35.8 Å². The number of benzene rings is 10. The number of aliphatic carboxylic acids is 6. The summed E-state index contributed by atoms with van der Waals surface area (Å²) >= 11 is 0. The first-order chi connectivity index (χ1) is 55.4. The second-order valence-electron chi connectivity index (χ2n) is 27.4. The lowest BCUT2D eigenvalue weighted by Gasteiger charge is -2.32. The molecule has 10 aromatic rings. The van der Waals surface area contributed by atoms with Gasteiger partial charge in [-0.1, -0.05) is 243 Å². The van der Waals surface area contributed by atoms with Gasteiger partial charge in [-0.2, -0.15) is 5.26 Å². The standard InChI is InChI=1S/C36H30O6.C31H25NO6.C30H26O6/c1-36(31-17-11-28(12-18-31)27-5-3-2-4-6-27,29-13-7-25(8-14-29)23-32(37)19-21-34(39)40)30-15-9-26(10-16-30)24-33(38)20-22-35(41)42;1-31(26-12-6-23(20-32)7-13-26,24-8-2-21(3-9-24)18-27(33)14-16-29(35)36)25-10-4-22(5-11-25)19-28(34)15-17-30(37)38;1-30(23-5-3-2-4-6-23,24-11-7-21(8-12-24)19-26(31)15-17-28(33)34)25-13-9-22(10-14-25)20-27(32)16-18-29(35)36/h2-22H,23-24H2,1H3,(H,39,40)(H,41,42);2-17H,18-19H2,1H3,(H,35,36)(H,37,38);2-18H,19-20H2,1H3,(H,33,34)(H,35,36)/b21-19+,22-20+;16-14+,17-15+;17-15+,18-16+. The van der Waals surface area contributed by atoms with Gasteiger partial charge in [0.2, 0.25) is 0 Å². The van der Waals surface area contributed by atoms with Crippen LogP contribution in [-0.4, -0.2) is 101 Å². The van der Waals surface area contributed by atoms with Crippen LogP contribution in [0, 0.1) is 11.3 Å². The maximum Gasteiger partial charge on any atom is 0.328 e. The third-order valence-corrected chi connectivity index (χ3v) is 19.4. The molecular formula is C97H81NO18. The van der Waals surface area contributed by atoms with Crippen molar-refractivity contribution in [2.24, 2.45) is 0 Å².